The molecule has 2 atom stereocenters. The van der Waals surface area contributed by atoms with Gasteiger partial charge in [-0.05, 0) is 31.0 Å². The van der Waals surface area contributed by atoms with Crippen LogP contribution >= 0.6 is 0 Å². The second kappa shape index (κ2) is 4.89. The first-order valence-electron chi connectivity index (χ1n) is 5.45. The molecule has 1 heterocycles. The largest absolute Gasteiger partial charge is 0.377 e. The summed E-state index contributed by atoms with van der Waals surface area (Å²) in [6, 6.07) is 3.84. The van der Waals surface area contributed by atoms with Crippen molar-refractivity contribution in [3.63, 3.8) is 0 Å². The SMILES string of the molecule is CC1OCCC1NCc1cc(F)cc(F)c1. The van der Waals surface area contributed by atoms with Crippen molar-refractivity contribution >= 4 is 0 Å². The smallest absolute Gasteiger partial charge is 0.126 e. The van der Waals surface area contributed by atoms with E-state index in [1.165, 1.54) is 12.1 Å². The second-order valence-electron chi connectivity index (χ2n) is 4.13. The van der Waals surface area contributed by atoms with E-state index < -0.39 is 11.6 Å². The van der Waals surface area contributed by atoms with Gasteiger partial charge in [-0.3, -0.25) is 0 Å². The van der Waals surface area contributed by atoms with E-state index in [1.54, 1.807) is 0 Å². The Balaban J connectivity index is 1.94. The van der Waals surface area contributed by atoms with E-state index in [0.717, 1.165) is 19.1 Å². The number of hydrogen-bond acceptors (Lipinski definition) is 2. The molecule has 4 heteroatoms. The van der Waals surface area contributed by atoms with Gasteiger partial charge in [0.05, 0.1) is 6.10 Å². The summed E-state index contributed by atoms with van der Waals surface area (Å²) in [6.07, 6.45) is 1.11. The van der Waals surface area contributed by atoms with Gasteiger partial charge in [-0.15, -0.1) is 0 Å². The number of halogens is 2. The minimum atomic E-state index is -0.535. The van der Waals surface area contributed by atoms with Crippen molar-refractivity contribution in [2.75, 3.05) is 6.61 Å². The van der Waals surface area contributed by atoms with E-state index in [2.05, 4.69) is 5.32 Å². The highest BCUT2D eigenvalue weighted by Crippen LogP contribution is 2.14. The molecule has 0 aromatic heterocycles. The summed E-state index contributed by atoms with van der Waals surface area (Å²) in [5.41, 5.74) is 0.622. The van der Waals surface area contributed by atoms with Crippen LogP contribution in [0.5, 0.6) is 0 Å². The van der Waals surface area contributed by atoms with Crippen LogP contribution < -0.4 is 5.32 Å². The van der Waals surface area contributed by atoms with Crippen LogP contribution in [0.25, 0.3) is 0 Å². The van der Waals surface area contributed by atoms with Gasteiger partial charge in [0.25, 0.3) is 0 Å². The van der Waals surface area contributed by atoms with E-state index in [0.29, 0.717) is 12.1 Å². The second-order valence-corrected chi connectivity index (χ2v) is 4.13. The molecule has 0 bridgehead atoms. The summed E-state index contributed by atoms with van der Waals surface area (Å²) in [5, 5.41) is 3.24. The molecular weight excluding hydrogens is 212 g/mol. The van der Waals surface area contributed by atoms with Gasteiger partial charge in [0.15, 0.2) is 0 Å². The van der Waals surface area contributed by atoms with Crippen molar-refractivity contribution in [3.8, 4) is 0 Å². The molecule has 1 aromatic carbocycles. The third-order valence-corrected chi connectivity index (χ3v) is 2.87. The Morgan fingerprint density at radius 3 is 2.56 bits per heavy atom. The Morgan fingerprint density at radius 1 is 1.31 bits per heavy atom. The van der Waals surface area contributed by atoms with Crippen LogP contribution in [0, 0.1) is 11.6 Å². The highest BCUT2D eigenvalue weighted by molar-refractivity contribution is 5.17. The average Bonchev–Trinajstić information content (AvgIpc) is 2.59. The summed E-state index contributed by atoms with van der Waals surface area (Å²) in [5.74, 6) is -1.07. The highest BCUT2D eigenvalue weighted by Gasteiger charge is 2.23. The Bertz CT molecular complexity index is 350. The summed E-state index contributed by atoms with van der Waals surface area (Å²) in [7, 11) is 0. The fourth-order valence-electron chi connectivity index (χ4n) is 1.96. The first-order chi connectivity index (χ1) is 7.65. The van der Waals surface area contributed by atoms with Gasteiger partial charge in [-0.1, -0.05) is 0 Å². The standard InChI is InChI=1S/C12H15F2NO/c1-8-12(2-3-16-8)15-7-9-4-10(13)6-11(14)5-9/h4-6,8,12,15H,2-3,7H2,1H3. The predicted molar refractivity (Wildman–Crippen MR) is 57.0 cm³/mol. The van der Waals surface area contributed by atoms with E-state index in [1.807, 2.05) is 6.92 Å². The molecule has 0 spiro atoms. The fraction of sp³-hybridized carbons (Fsp3) is 0.500. The van der Waals surface area contributed by atoms with Crippen molar-refractivity contribution in [1.29, 1.82) is 0 Å². The van der Waals surface area contributed by atoms with Crippen LogP contribution in [-0.4, -0.2) is 18.8 Å². The molecule has 0 radical (unpaired) electrons. The lowest BCUT2D eigenvalue weighted by Gasteiger charge is -2.15. The molecule has 0 saturated carbocycles. The normalized spacial score (nSPS) is 24.9. The molecule has 1 fully saturated rings. The summed E-state index contributed by atoms with van der Waals surface area (Å²) in [6.45, 7) is 3.21. The van der Waals surface area contributed by atoms with Crippen molar-refractivity contribution in [2.24, 2.45) is 0 Å². The molecule has 1 saturated heterocycles. The van der Waals surface area contributed by atoms with Gasteiger partial charge < -0.3 is 10.1 Å². The molecule has 1 aliphatic heterocycles. The number of nitrogens with one attached hydrogen (secondary N) is 1. The molecule has 2 unspecified atom stereocenters. The summed E-state index contributed by atoms with van der Waals surface area (Å²) in [4.78, 5) is 0. The van der Waals surface area contributed by atoms with Crippen molar-refractivity contribution in [1.82, 2.24) is 5.32 Å². The molecule has 2 nitrogen and oxygen atoms in total. The zero-order valence-corrected chi connectivity index (χ0v) is 9.17. The number of benzene rings is 1. The van der Waals surface area contributed by atoms with Gasteiger partial charge in [-0.25, -0.2) is 8.78 Å². The Morgan fingerprint density at radius 2 is 2.00 bits per heavy atom. The lowest BCUT2D eigenvalue weighted by Crippen LogP contribution is -2.34. The highest BCUT2D eigenvalue weighted by atomic mass is 19.1. The van der Waals surface area contributed by atoms with Gasteiger partial charge >= 0.3 is 0 Å². The monoisotopic (exact) mass is 227 g/mol. The Labute approximate surface area is 93.6 Å². The van der Waals surface area contributed by atoms with E-state index in [-0.39, 0.29) is 12.1 Å². The van der Waals surface area contributed by atoms with Crippen LogP contribution in [-0.2, 0) is 11.3 Å². The minimum Gasteiger partial charge on any atom is -0.377 e. The van der Waals surface area contributed by atoms with Crippen molar-refractivity contribution < 1.29 is 13.5 Å². The molecule has 2 rings (SSSR count). The summed E-state index contributed by atoms with van der Waals surface area (Å²) >= 11 is 0. The van der Waals surface area contributed by atoms with Crippen LogP contribution in [0.15, 0.2) is 18.2 Å². The zero-order valence-electron chi connectivity index (χ0n) is 9.17. The topological polar surface area (TPSA) is 21.3 Å². The molecule has 1 N–H and O–H groups in total. The number of hydrogen-bond donors (Lipinski definition) is 1. The molecule has 1 aliphatic rings. The first kappa shape index (κ1) is 11.5. The quantitative estimate of drug-likeness (QED) is 0.855. The molecule has 88 valence electrons. The van der Waals surface area contributed by atoms with E-state index >= 15 is 0 Å². The average molecular weight is 227 g/mol. The number of ether oxygens (including phenoxy) is 1. The van der Waals surface area contributed by atoms with Crippen molar-refractivity contribution in [2.45, 2.75) is 32.0 Å². The molecule has 1 aromatic rings. The maximum Gasteiger partial charge on any atom is 0.126 e. The lowest BCUT2D eigenvalue weighted by atomic mass is 10.1. The van der Waals surface area contributed by atoms with E-state index in [9.17, 15) is 8.78 Å². The zero-order chi connectivity index (χ0) is 11.5. The third kappa shape index (κ3) is 2.77. The van der Waals surface area contributed by atoms with Crippen LogP contribution in [0.2, 0.25) is 0 Å². The van der Waals surface area contributed by atoms with Crippen molar-refractivity contribution in [3.05, 3.63) is 35.4 Å². The van der Waals surface area contributed by atoms with E-state index in [4.69, 9.17) is 4.74 Å². The maximum absolute atomic E-state index is 12.9. The van der Waals surface area contributed by atoms with Crippen LogP contribution in [0.1, 0.15) is 18.9 Å². The molecule has 0 aliphatic carbocycles. The maximum atomic E-state index is 12.9. The predicted octanol–water partition coefficient (Wildman–Crippen LogP) is 2.23. The molecule has 16 heavy (non-hydrogen) atoms. The Kier molecular flexibility index (Phi) is 3.51. The minimum absolute atomic E-state index is 0.165. The molecule has 0 amide bonds. The number of rotatable bonds is 3. The lowest BCUT2D eigenvalue weighted by molar-refractivity contribution is 0.113. The molecular formula is C12H15F2NO. The fourth-order valence-corrected chi connectivity index (χ4v) is 1.96. The van der Waals surface area contributed by atoms with Gasteiger partial charge in [-0.2, -0.15) is 0 Å². The van der Waals surface area contributed by atoms with Gasteiger partial charge in [0, 0.05) is 25.3 Å². The van der Waals surface area contributed by atoms with Crippen LogP contribution in [0.3, 0.4) is 0 Å². The van der Waals surface area contributed by atoms with Gasteiger partial charge in [0.1, 0.15) is 11.6 Å². The van der Waals surface area contributed by atoms with Crippen LogP contribution in [0.4, 0.5) is 8.78 Å². The Hall–Kier alpha value is -1.00. The third-order valence-electron chi connectivity index (χ3n) is 2.87. The first-order valence-corrected chi connectivity index (χ1v) is 5.45. The summed E-state index contributed by atoms with van der Waals surface area (Å²) < 4.78 is 31.2. The van der Waals surface area contributed by atoms with Gasteiger partial charge in [0.2, 0.25) is 0 Å².